The predicted molar refractivity (Wildman–Crippen MR) is 72.1 cm³/mol. The zero-order valence-corrected chi connectivity index (χ0v) is 10.9. The number of hydrogen-bond donors (Lipinski definition) is 2. The fourth-order valence-corrected chi connectivity index (χ4v) is 2.14. The van der Waals surface area contributed by atoms with Crippen molar-refractivity contribution in [3.8, 4) is 0 Å². The average molecular weight is 233 g/mol. The molecule has 94 valence electrons. The highest BCUT2D eigenvalue weighted by atomic mass is 15.2. The van der Waals surface area contributed by atoms with Crippen molar-refractivity contribution >= 4 is 0 Å². The third kappa shape index (κ3) is 3.80. The van der Waals surface area contributed by atoms with Crippen molar-refractivity contribution in [2.45, 2.75) is 20.4 Å². The van der Waals surface area contributed by atoms with E-state index in [1.54, 1.807) is 0 Å². The Hall–Kier alpha value is -0.900. The molecule has 0 bridgehead atoms. The molecule has 0 aliphatic carbocycles. The van der Waals surface area contributed by atoms with E-state index in [4.69, 9.17) is 0 Å². The van der Waals surface area contributed by atoms with Crippen LogP contribution in [0.3, 0.4) is 0 Å². The summed E-state index contributed by atoms with van der Waals surface area (Å²) >= 11 is 0. The Morgan fingerprint density at radius 1 is 1.18 bits per heavy atom. The van der Waals surface area contributed by atoms with Gasteiger partial charge in [0.15, 0.2) is 0 Å². The second-order valence-corrected chi connectivity index (χ2v) is 4.87. The maximum Gasteiger partial charge on any atom is 0.0484 e. The van der Waals surface area contributed by atoms with Gasteiger partial charge in [-0.1, -0.05) is 18.2 Å². The van der Waals surface area contributed by atoms with Crippen LogP contribution in [0, 0.1) is 13.8 Å². The molecule has 0 amide bonds. The van der Waals surface area contributed by atoms with Crippen LogP contribution in [0.15, 0.2) is 18.2 Å². The predicted octanol–water partition coefficient (Wildman–Crippen LogP) is 1.26. The van der Waals surface area contributed by atoms with Crippen LogP contribution in [-0.4, -0.2) is 37.7 Å². The molecule has 0 atom stereocenters. The van der Waals surface area contributed by atoms with Gasteiger partial charge < -0.3 is 10.6 Å². The number of piperazine rings is 1. The second-order valence-electron chi connectivity index (χ2n) is 4.87. The van der Waals surface area contributed by atoms with Crippen molar-refractivity contribution in [1.82, 2.24) is 15.5 Å². The van der Waals surface area contributed by atoms with Crippen LogP contribution in [0.2, 0.25) is 0 Å². The van der Waals surface area contributed by atoms with E-state index in [1.165, 1.54) is 16.7 Å². The van der Waals surface area contributed by atoms with Crippen LogP contribution < -0.4 is 10.6 Å². The minimum absolute atomic E-state index is 0.963. The van der Waals surface area contributed by atoms with Crippen LogP contribution in [0.5, 0.6) is 0 Å². The third-order valence-corrected chi connectivity index (χ3v) is 3.45. The molecule has 3 heteroatoms. The second kappa shape index (κ2) is 6.15. The highest BCUT2D eigenvalue weighted by Crippen LogP contribution is 2.09. The van der Waals surface area contributed by atoms with E-state index in [1.807, 2.05) is 0 Å². The van der Waals surface area contributed by atoms with Crippen LogP contribution in [0.4, 0.5) is 0 Å². The SMILES string of the molecule is Cc1ccc(CNCN2CCNCC2)cc1C. The fourth-order valence-electron chi connectivity index (χ4n) is 2.14. The lowest BCUT2D eigenvalue weighted by molar-refractivity contribution is 0.223. The molecule has 3 nitrogen and oxygen atoms in total. The van der Waals surface area contributed by atoms with E-state index in [9.17, 15) is 0 Å². The van der Waals surface area contributed by atoms with Crippen molar-refractivity contribution in [2.24, 2.45) is 0 Å². The maximum absolute atomic E-state index is 3.52. The Balaban J connectivity index is 1.75. The summed E-state index contributed by atoms with van der Waals surface area (Å²) in [5.74, 6) is 0. The molecule has 0 radical (unpaired) electrons. The lowest BCUT2D eigenvalue weighted by atomic mass is 10.1. The topological polar surface area (TPSA) is 27.3 Å². The molecular formula is C14H23N3. The van der Waals surface area contributed by atoms with Gasteiger partial charge in [0, 0.05) is 39.4 Å². The molecule has 1 heterocycles. The fraction of sp³-hybridized carbons (Fsp3) is 0.571. The minimum Gasteiger partial charge on any atom is -0.314 e. The Morgan fingerprint density at radius 2 is 1.94 bits per heavy atom. The van der Waals surface area contributed by atoms with Crippen LogP contribution in [0.25, 0.3) is 0 Å². The van der Waals surface area contributed by atoms with Crippen LogP contribution in [-0.2, 0) is 6.54 Å². The largest absolute Gasteiger partial charge is 0.314 e. The first-order chi connectivity index (χ1) is 8.25. The zero-order chi connectivity index (χ0) is 12.1. The van der Waals surface area contributed by atoms with E-state index < -0.39 is 0 Å². The van der Waals surface area contributed by atoms with Gasteiger partial charge in [0.2, 0.25) is 0 Å². The van der Waals surface area contributed by atoms with Gasteiger partial charge in [0.05, 0.1) is 0 Å². The van der Waals surface area contributed by atoms with E-state index >= 15 is 0 Å². The van der Waals surface area contributed by atoms with Gasteiger partial charge in [0.1, 0.15) is 0 Å². The number of rotatable bonds is 4. The molecule has 1 aliphatic heterocycles. The zero-order valence-electron chi connectivity index (χ0n) is 10.9. The number of aryl methyl sites for hydroxylation is 2. The van der Waals surface area contributed by atoms with Crippen molar-refractivity contribution in [3.63, 3.8) is 0 Å². The monoisotopic (exact) mass is 233 g/mol. The van der Waals surface area contributed by atoms with E-state index in [2.05, 4.69) is 47.6 Å². The molecule has 1 aliphatic rings. The summed E-state index contributed by atoms with van der Waals surface area (Å²) < 4.78 is 0. The van der Waals surface area contributed by atoms with E-state index in [0.717, 1.165) is 39.4 Å². The van der Waals surface area contributed by atoms with Gasteiger partial charge in [-0.25, -0.2) is 0 Å². The molecule has 0 unspecified atom stereocenters. The van der Waals surface area contributed by atoms with Gasteiger partial charge in [-0.15, -0.1) is 0 Å². The van der Waals surface area contributed by atoms with Crippen molar-refractivity contribution in [1.29, 1.82) is 0 Å². The first kappa shape index (κ1) is 12.6. The lowest BCUT2D eigenvalue weighted by Crippen LogP contribution is -2.46. The van der Waals surface area contributed by atoms with Gasteiger partial charge in [-0.2, -0.15) is 0 Å². The standard InChI is InChI=1S/C14H23N3/c1-12-3-4-14(9-13(12)2)10-16-11-17-7-5-15-6-8-17/h3-4,9,15-16H,5-8,10-11H2,1-2H3. The number of nitrogens with zero attached hydrogens (tertiary/aromatic N) is 1. The van der Waals surface area contributed by atoms with Gasteiger partial charge in [0.25, 0.3) is 0 Å². The van der Waals surface area contributed by atoms with E-state index in [0.29, 0.717) is 0 Å². The highest BCUT2D eigenvalue weighted by Gasteiger charge is 2.07. The number of benzene rings is 1. The number of nitrogens with one attached hydrogen (secondary N) is 2. The molecule has 1 fully saturated rings. The maximum atomic E-state index is 3.52. The van der Waals surface area contributed by atoms with Crippen LogP contribution in [0.1, 0.15) is 16.7 Å². The smallest absolute Gasteiger partial charge is 0.0484 e. The number of hydrogen-bond acceptors (Lipinski definition) is 3. The van der Waals surface area contributed by atoms with E-state index in [-0.39, 0.29) is 0 Å². The van der Waals surface area contributed by atoms with Crippen molar-refractivity contribution in [2.75, 3.05) is 32.8 Å². The molecule has 17 heavy (non-hydrogen) atoms. The molecular weight excluding hydrogens is 210 g/mol. The quantitative estimate of drug-likeness (QED) is 0.820. The first-order valence-electron chi connectivity index (χ1n) is 6.45. The van der Waals surface area contributed by atoms with Crippen molar-refractivity contribution < 1.29 is 0 Å². The molecule has 2 N–H and O–H groups in total. The molecule has 0 aromatic heterocycles. The summed E-state index contributed by atoms with van der Waals surface area (Å²) in [7, 11) is 0. The van der Waals surface area contributed by atoms with Gasteiger partial charge in [-0.05, 0) is 30.5 Å². The average Bonchev–Trinajstić information content (AvgIpc) is 2.35. The molecule has 1 aromatic rings. The molecule has 0 spiro atoms. The van der Waals surface area contributed by atoms with Crippen LogP contribution >= 0.6 is 0 Å². The summed E-state index contributed by atoms with van der Waals surface area (Å²) in [5, 5.41) is 6.88. The molecule has 1 saturated heterocycles. The Morgan fingerprint density at radius 3 is 2.65 bits per heavy atom. The summed E-state index contributed by atoms with van der Waals surface area (Å²) in [4.78, 5) is 2.46. The summed E-state index contributed by atoms with van der Waals surface area (Å²) in [6.07, 6.45) is 0. The summed E-state index contributed by atoms with van der Waals surface area (Å²) in [5.41, 5.74) is 4.13. The lowest BCUT2D eigenvalue weighted by Gasteiger charge is -2.27. The summed E-state index contributed by atoms with van der Waals surface area (Å²) in [6.45, 7) is 10.8. The highest BCUT2D eigenvalue weighted by molar-refractivity contribution is 5.29. The summed E-state index contributed by atoms with van der Waals surface area (Å²) in [6, 6.07) is 6.70. The molecule has 0 saturated carbocycles. The minimum atomic E-state index is 0.963. The third-order valence-electron chi connectivity index (χ3n) is 3.45. The van der Waals surface area contributed by atoms with Gasteiger partial charge >= 0.3 is 0 Å². The Bertz CT molecular complexity index is 356. The molecule has 1 aromatic carbocycles. The van der Waals surface area contributed by atoms with Crippen molar-refractivity contribution in [3.05, 3.63) is 34.9 Å². The Kier molecular flexibility index (Phi) is 4.54. The molecule has 2 rings (SSSR count). The Labute approximate surface area is 104 Å². The first-order valence-corrected chi connectivity index (χ1v) is 6.45. The van der Waals surface area contributed by atoms with Gasteiger partial charge in [-0.3, -0.25) is 4.90 Å². The normalized spacial score (nSPS) is 17.3.